The zero-order chi connectivity index (χ0) is 13.3. The molecule has 0 bridgehead atoms. The lowest BCUT2D eigenvalue weighted by Gasteiger charge is -2.16. The molecule has 0 spiro atoms. The Hall–Kier alpha value is -1.59. The van der Waals surface area contributed by atoms with E-state index in [1.165, 1.54) is 0 Å². The number of carboxylic acid groups (broad SMARTS) is 1. The average Bonchev–Trinajstić information content (AvgIpc) is 2.66. The van der Waals surface area contributed by atoms with Gasteiger partial charge < -0.3 is 19.3 Å². The molecular formula is C13H16O5. The van der Waals surface area contributed by atoms with Gasteiger partial charge in [0.05, 0.1) is 7.11 Å². The van der Waals surface area contributed by atoms with Crippen molar-refractivity contribution >= 4 is 5.97 Å². The number of rotatable bonds is 3. The van der Waals surface area contributed by atoms with Crippen molar-refractivity contribution in [2.45, 2.75) is 31.8 Å². The summed E-state index contributed by atoms with van der Waals surface area (Å²) in [6, 6.07) is 7.10. The Kier molecular flexibility index (Phi) is 3.28. The van der Waals surface area contributed by atoms with Crippen LogP contribution in [0.4, 0.5) is 0 Å². The van der Waals surface area contributed by atoms with Gasteiger partial charge in [-0.2, -0.15) is 0 Å². The molecule has 18 heavy (non-hydrogen) atoms. The maximum absolute atomic E-state index is 11.2. The van der Waals surface area contributed by atoms with Crippen molar-refractivity contribution in [1.82, 2.24) is 0 Å². The minimum Gasteiger partial charge on any atom is -0.497 e. The smallest absolute Gasteiger partial charge is 0.336 e. The van der Waals surface area contributed by atoms with E-state index in [9.17, 15) is 4.79 Å². The minimum absolute atomic E-state index is 0.608. The lowest BCUT2D eigenvalue weighted by Crippen LogP contribution is -2.27. The normalized spacial score (nSPS) is 25.9. The third-order valence-corrected chi connectivity index (χ3v) is 2.78. The first-order valence-corrected chi connectivity index (χ1v) is 5.65. The van der Waals surface area contributed by atoms with Crippen molar-refractivity contribution in [2.75, 3.05) is 7.11 Å². The molecule has 1 aromatic carbocycles. The molecule has 5 nitrogen and oxygen atoms in total. The number of aliphatic carboxylic acids is 1. The van der Waals surface area contributed by atoms with Crippen molar-refractivity contribution in [2.24, 2.45) is 0 Å². The summed E-state index contributed by atoms with van der Waals surface area (Å²) in [6.07, 6.45) is -1.60. The highest BCUT2D eigenvalue weighted by atomic mass is 16.8. The van der Waals surface area contributed by atoms with Gasteiger partial charge in [0.2, 0.25) is 0 Å². The number of ether oxygens (including phenoxy) is 3. The third-order valence-electron chi connectivity index (χ3n) is 2.78. The summed E-state index contributed by atoms with van der Waals surface area (Å²) in [5, 5.41) is 9.15. The highest BCUT2D eigenvalue weighted by Crippen LogP contribution is 2.38. The molecule has 1 fully saturated rings. The van der Waals surface area contributed by atoms with Crippen LogP contribution in [0, 0.1) is 0 Å². The summed E-state index contributed by atoms with van der Waals surface area (Å²) >= 11 is 0. The Bertz CT molecular complexity index is 437. The number of hydrogen-bond acceptors (Lipinski definition) is 4. The molecule has 1 saturated heterocycles. The molecule has 2 rings (SSSR count). The van der Waals surface area contributed by atoms with Gasteiger partial charge >= 0.3 is 5.97 Å². The van der Waals surface area contributed by atoms with Crippen LogP contribution in [0.1, 0.15) is 25.5 Å². The molecule has 0 unspecified atom stereocenters. The summed E-state index contributed by atoms with van der Waals surface area (Å²) in [6.45, 7) is 3.40. The van der Waals surface area contributed by atoms with Crippen LogP contribution in [-0.4, -0.2) is 30.1 Å². The first-order chi connectivity index (χ1) is 8.43. The van der Waals surface area contributed by atoms with E-state index in [-0.39, 0.29) is 0 Å². The Morgan fingerprint density at radius 2 is 1.89 bits per heavy atom. The van der Waals surface area contributed by atoms with E-state index in [4.69, 9.17) is 19.3 Å². The maximum atomic E-state index is 11.2. The Balaban J connectivity index is 2.27. The highest BCUT2D eigenvalue weighted by molar-refractivity contribution is 5.74. The summed E-state index contributed by atoms with van der Waals surface area (Å²) in [7, 11) is 1.58. The summed E-state index contributed by atoms with van der Waals surface area (Å²) in [5.41, 5.74) is 0.758. The van der Waals surface area contributed by atoms with Gasteiger partial charge in [-0.3, -0.25) is 0 Å². The average molecular weight is 252 g/mol. The molecule has 98 valence electrons. The number of hydrogen-bond donors (Lipinski definition) is 1. The van der Waals surface area contributed by atoms with Crippen molar-refractivity contribution in [3.63, 3.8) is 0 Å². The first kappa shape index (κ1) is 12.9. The second-order valence-electron chi connectivity index (χ2n) is 4.59. The van der Waals surface area contributed by atoms with Crippen LogP contribution < -0.4 is 4.74 Å². The molecule has 1 heterocycles. The summed E-state index contributed by atoms with van der Waals surface area (Å²) in [5.74, 6) is -1.21. The second kappa shape index (κ2) is 4.59. The van der Waals surface area contributed by atoms with E-state index >= 15 is 0 Å². The van der Waals surface area contributed by atoms with Gasteiger partial charge in [-0.1, -0.05) is 12.1 Å². The molecular weight excluding hydrogens is 236 g/mol. The van der Waals surface area contributed by atoms with Gasteiger partial charge in [0.25, 0.3) is 0 Å². The van der Waals surface area contributed by atoms with Gasteiger partial charge in [0.1, 0.15) is 11.9 Å². The van der Waals surface area contributed by atoms with Gasteiger partial charge in [-0.15, -0.1) is 0 Å². The fourth-order valence-electron chi connectivity index (χ4n) is 1.98. The molecule has 0 amide bonds. The largest absolute Gasteiger partial charge is 0.497 e. The van der Waals surface area contributed by atoms with Crippen LogP contribution in [0.5, 0.6) is 5.75 Å². The number of benzene rings is 1. The molecule has 5 heteroatoms. The molecule has 0 aromatic heterocycles. The van der Waals surface area contributed by atoms with Crippen LogP contribution >= 0.6 is 0 Å². The zero-order valence-corrected chi connectivity index (χ0v) is 10.5. The standard InChI is InChI=1S/C13H16O5/c1-13(2)17-10(11(18-13)12(14)15)8-4-6-9(16-3)7-5-8/h4-7,10-11H,1-3H3,(H,14,15)/t10-,11+/m1/s1. The molecule has 1 aliphatic rings. The zero-order valence-electron chi connectivity index (χ0n) is 10.5. The predicted octanol–water partition coefficient (Wildman–Crippen LogP) is 1.97. The minimum atomic E-state index is -1.03. The van der Waals surface area contributed by atoms with Crippen molar-refractivity contribution in [3.05, 3.63) is 29.8 Å². The van der Waals surface area contributed by atoms with Gasteiger partial charge in [0, 0.05) is 0 Å². The van der Waals surface area contributed by atoms with Crippen molar-refractivity contribution in [1.29, 1.82) is 0 Å². The molecule has 1 aromatic rings. The predicted molar refractivity (Wildman–Crippen MR) is 63.4 cm³/mol. The number of methoxy groups -OCH3 is 1. The lowest BCUT2D eigenvalue weighted by atomic mass is 10.0. The van der Waals surface area contributed by atoms with Crippen LogP contribution in [0.2, 0.25) is 0 Å². The van der Waals surface area contributed by atoms with Crippen molar-refractivity contribution in [3.8, 4) is 5.75 Å². The number of carboxylic acids is 1. The molecule has 1 N–H and O–H groups in total. The van der Waals surface area contributed by atoms with Crippen molar-refractivity contribution < 1.29 is 24.1 Å². The van der Waals surface area contributed by atoms with E-state index in [0.717, 1.165) is 5.56 Å². The SMILES string of the molecule is COc1ccc([C@H]2OC(C)(C)O[C@@H]2C(=O)O)cc1. The molecule has 1 aliphatic heterocycles. The molecule has 0 saturated carbocycles. The van der Waals surface area contributed by atoms with E-state index in [1.54, 1.807) is 45.2 Å². The van der Waals surface area contributed by atoms with E-state index in [1.807, 2.05) is 0 Å². The van der Waals surface area contributed by atoms with E-state index < -0.39 is 24.0 Å². The maximum Gasteiger partial charge on any atom is 0.336 e. The summed E-state index contributed by atoms with van der Waals surface area (Å²) in [4.78, 5) is 11.2. The van der Waals surface area contributed by atoms with Gasteiger partial charge in [-0.25, -0.2) is 4.79 Å². The highest BCUT2D eigenvalue weighted by Gasteiger charge is 2.46. The van der Waals surface area contributed by atoms with Gasteiger partial charge in [0.15, 0.2) is 11.9 Å². The fourth-order valence-corrected chi connectivity index (χ4v) is 1.98. The summed E-state index contributed by atoms with van der Waals surface area (Å²) < 4.78 is 16.1. The van der Waals surface area contributed by atoms with E-state index in [2.05, 4.69) is 0 Å². The molecule has 0 aliphatic carbocycles. The second-order valence-corrected chi connectivity index (χ2v) is 4.59. The van der Waals surface area contributed by atoms with Crippen LogP contribution in [0.3, 0.4) is 0 Å². The Morgan fingerprint density at radius 1 is 1.28 bits per heavy atom. The first-order valence-electron chi connectivity index (χ1n) is 5.65. The van der Waals surface area contributed by atoms with Gasteiger partial charge in [-0.05, 0) is 31.5 Å². The Morgan fingerprint density at radius 3 is 2.39 bits per heavy atom. The topological polar surface area (TPSA) is 65.0 Å². The third kappa shape index (κ3) is 2.47. The molecule has 0 radical (unpaired) electrons. The van der Waals surface area contributed by atoms with E-state index in [0.29, 0.717) is 5.75 Å². The van der Waals surface area contributed by atoms with Crippen LogP contribution in [0.25, 0.3) is 0 Å². The number of carbonyl (C=O) groups is 1. The van der Waals surface area contributed by atoms with Crippen LogP contribution in [-0.2, 0) is 14.3 Å². The van der Waals surface area contributed by atoms with Crippen LogP contribution in [0.15, 0.2) is 24.3 Å². The Labute approximate surface area is 105 Å². The quantitative estimate of drug-likeness (QED) is 0.891. The monoisotopic (exact) mass is 252 g/mol. The lowest BCUT2D eigenvalue weighted by molar-refractivity contribution is -0.165. The molecule has 2 atom stereocenters. The fraction of sp³-hybridized carbons (Fsp3) is 0.462.